The van der Waals surface area contributed by atoms with Crippen LogP contribution in [0.15, 0.2) is 43.5 Å². The molecule has 0 saturated carbocycles. The van der Waals surface area contributed by atoms with Gasteiger partial charge in [-0.3, -0.25) is 4.79 Å². The van der Waals surface area contributed by atoms with Crippen LogP contribution in [0.4, 0.5) is 0 Å². The van der Waals surface area contributed by atoms with Crippen LogP contribution in [0, 0.1) is 0 Å². The summed E-state index contributed by atoms with van der Waals surface area (Å²) < 4.78 is 24.6. The van der Waals surface area contributed by atoms with Gasteiger partial charge < -0.3 is 0 Å². The molecule has 0 N–H and O–H groups in total. The summed E-state index contributed by atoms with van der Waals surface area (Å²) in [6.45, 7) is 0. The lowest BCUT2D eigenvalue weighted by Crippen LogP contribution is -2.02. The Morgan fingerprint density at radius 1 is 1.21 bits per heavy atom. The van der Waals surface area contributed by atoms with Crippen LogP contribution in [-0.2, 0) is 9.84 Å². The smallest absolute Gasteiger partial charge is 0.203 e. The SMILES string of the molecule is CS(=O)(=O)c1cccc(C(=O)c2cc(Br)c(Br)s2)c1. The second-order valence-corrected chi connectivity index (χ2v) is 9.10. The molecular weight excluding hydrogens is 416 g/mol. The van der Waals surface area contributed by atoms with Gasteiger partial charge in [0.15, 0.2) is 9.84 Å². The van der Waals surface area contributed by atoms with Crippen LogP contribution in [0.2, 0.25) is 0 Å². The summed E-state index contributed by atoms with van der Waals surface area (Å²) in [6.07, 6.45) is 1.12. The van der Waals surface area contributed by atoms with Crippen molar-refractivity contribution in [1.82, 2.24) is 0 Å². The number of carbonyl (C=O) groups is 1. The number of benzene rings is 1. The molecule has 2 rings (SSSR count). The minimum atomic E-state index is -3.31. The summed E-state index contributed by atoms with van der Waals surface area (Å²) in [5, 5.41) is 0. The van der Waals surface area contributed by atoms with Crippen LogP contribution in [0.1, 0.15) is 15.2 Å². The fraction of sp³-hybridized carbons (Fsp3) is 0.0833. The molecule has 0 radical (unpaired) electrons. The van der Waals surface area contributed by atoms with E-state index in [2.05, 4.69) is 31.9 Å². The molecule has 0 fully saturated rings. The van der Waals surface area contributed by atoms with E-state index in [-0.39, 0.29) is 10.7 Å². The normalized spacial score (nSPS) is 11.5. The van der Waals surface area contributed by atoms with Crippen molar-refractivity contribution in [1.29, 1.82) is 0 Å². The van der Waals surface area contributed by atoms with Crippen LogP contribution < -0.4 is 0 Å². The molecule has 0 unspecified atom stereocenters. The molecule has 0 aliphatic carbocycles. The zero-order chi connectivity index (χ0) is 14.2. The highest BCUT2D eigenvalue weighted by Gasteiger charge is 2.16. The predicted molar refractivity (Wildman–Crippen MR) is 82.7 cm³/mol. The van der Waals surface area contributed by atoms with Gasteiger partial charge in [0.25, 0.3) is 0 Å². The second kappa shape index (κ2) is 5.47. The zero-order valence-corrected chi connectivity index (χ0v) is 14.5. The number of ketones is 1. The number of thiophene rings is 1. The van der Waals surface area contributed by atoms with Gasteiger partial charge in [0.2, 0.25) is 5.78 Å². The van der Waals surface area contributed by atoms with E-state index in [4.69, 9.17) is 0 Å². The van der Waals surface area contributed by atoms with E-state index in [1.165, 1.54) is 23.5 Å². The quantitative estimate of drug-likeness (QED) is 0.703. The van der Waals surface area contributed by atoms with Crippen LogP contribution in [0.5, 0.6) is 0 Å². The zero-order valence-electron chi connectivity index (χ0n) is 9.68. The van der Waals surface area contributed by atoms with Crippen molar-refractivity contribution >= 4 is 58.8 Å². The average molecular weight is 424 g/mol. The molecule has 7 heteroatoms. The third kappa shape index (κ3) is 3.34. The molecule has 0 aliphatic heterocycles. The second-order valence-electron chi connectivity index (χ2n) is 3.86. The lowest BCUT2D eigenvalue weighted by atomic mass is 10.1. The van der Waals surface area contributed by atoms with Gasteiger partial charge in [-0.15, -0.1) is 11.3 Å². The van der Waals surface area contributed by atoms with E-state index < -0.39 is 9.84 Å². The van der Waals surface area contributed by atoms with Crippen molar-refractivity contribution in [2.24, 2.45) is 0 Å². The highest BCUT2D eigenvalue weighted by Crippen LogP contribution is 2.33. The molecule has 3 nitrogen and oxygen atoms in total. The highest BCUT2D eigenvalue weighted by atomic mass is 79.9. The Hall–Kier alpha value is -0.500. The van der Waals surface area contributed by atoms with Crippen LogP contribution in [0.25, 0.3) is 0 Å². The number of hydrogen-bond acceptors (Lipinski definition) is 4. The van der Waals surface area contributed by atoms with E-state index in [0.717, 1.165) is 14.5 Å². The lowest BCUT2D eigenvalue weighted by Gasteiger charge is -2.01. The number of hydrogen-bond donors (Lipinski definition) is 0. The van der Waals surface area contributed by atoms with Crippen molar-refractivity contribution in [3.8, 4) is 0 Å². The fourth-order valence-corrected chi connectivity index (χ4v) is 4.13. The molecule has 0 bridgehead atoms. The summed E-state index contributed by atoms with van der Waals surface area (Å²) in [5.41, 5.74) is 0.365. The standard InChI is InChI=1S/C12H8Br2O3S2/c1-19(16,17)8-4-2-3-7(5-8)11(15)10-6-9(13)12(14)18-10/h2-6H,1H3. The van der Waals surface area contributed by atoms with Gasteiger partial charge in [-0.2, -0.15) is 0 Å². The molecule has 100 valence electrons. The number of halogens is 2. The largest absolute Gasteiger partial charge is 0.288 e. The number of sulfone groups is 1. The van der Waals surface area contributed by atoms with Crippen LogP contribution in [-0.4, -0.2) is 20.5 Å². The topological polar surface area (TPSA) is 51.2 Å². The maximum atomic E-state index is 12.3. The molecule has 2 aromatic rings. The van der Waals surface area contributed by atoms with Crippen molar-refractivity contribution in [2.75, 3.05) is 6.26 Å². The Labute approximate surface area is 131 Å². The Morgan fingerprint density at radius 3 is 2.42 bits per heavy atom. The molecule has 19 heavy (non-hydrogen) atoms. The number of carbonyl (C=O) groups excluding carboxylic acids is 1. The fourth-order valence-electron chi connectivity index (χ4n) is 1.47. The van der Waals surface area contributed by atoms with Crippen LogP contribution in [0.3, 0.4) is 0 Å². The van der Waals surface area contributed by atoms with Gasteiger partial charge in [-0.05, 0) is 50.1 Å². The maximum absolute atomic E-state index is 12.3. The summed E-state index contributed by atoms with van der Waals surface area (Å²) in [4.78, 5) is 13.0. The van der Waals surface area contributed by atoms with Crippen molar-refractivity contribution in [3.63, 3.8) is 0 Å². The third-order valence-electron chi connectivity index (χ3n) is 2.39. The van der Waals surface area contributed by atoms with E-state index >= 15 is 0 Å². The first-order valence-corrected chi connectivity index (χ1v) is 9.38. The monoisotopic (exact) mass is 422 g/mol. The van der Waals surface area contributed by atoms with Crippen molar-refractivity contribution in [3.05, 3.63) is 49.0 Å². The van der Waals surface area contributed by atoms with E-state index in [1.54, 1.807) is 18.2 Å². The van der Waals surface area contributed by atoms with Crippen molar-refractivity contribution in [2.45, 2.75) is 4.90 Å². The van der Waals surface area contributed by atoms with Gasteiger partial charge in [0.05, 0.1) is 13.6 Å². The first kappa shape index (κ1) is 14.9. The van der Waals surface area contributed by atoms with Gasteiger partial charge in [-0.25, -0.2) is 8.42 Å². The molecule has 0 amide bonds. The van der Waals surface area contributed by atoms with Gasteiger partial charge in [0, 0.05) is 16.3 Å². The molecule has 1 aromatic heterocycles. The summed E-state index contributed by atoms with van der Waals surface area (Å²) in [6, 6.07) is 7.77. The third-order valence-corrected chi connectivity index (χ3v) is 6.76. The van der Waals surface area contributed by atoms with Crippen LogP contribution >= 0.6 is 43.2 Å². The van der Waals surface area contributed by atoms with Gasteiger partial charge >= 0.3 is 0 Å². The minimum absolute atomic E-state index is 0.146. The Balaban J connectivity index is 2.45. The summed E-state index contributed by atoms with van der Waals surface area (Å²) >= 11 is 7.95. The van der Waals surface area contributed by atoms with E-state index in [1.807, 2.05) is 0 Å². The molecular formula is C12H8Br2O3S2. The van der Waals surface area contributed by atoms with Gasteiger partial charge in [0.1, 0.15) is 0 Å². The predicted octanol–water partition coefficient (Wildman–Crippen LogP) is 3.91. The summed E-state index contributed by atoms with van der Waals surface area (Å²) in [7, 11) is -3.31. The van der Waals surface area contributed by atoms with E-state index in [9.17, 15) is 13.2 Å². The Morgan fingerprint density at radius 2 is 1.89 bits per heavy atom. The first-order valence-electron chi connectivity index (χ1n) is 5.08. The molecule has 0 aliphatic rings. The maximum Gasteiger partial charge on any atom is 0.203 e. The Kier molecular flexibility index (Phi) is 4.29. The summed E-state index contributed by atoms with van der Waals surface area (Å²) in [5.74, 6) is -0.193. The molecule has 0 saturated heterocycles. The lowest BCUT2D eigenvalue weighted by molar-refractivity contribution is 0.104. The average Bonchev–Trinajstić information content (AvgIpc) is 2.68. The molecule has 0 spiro atoms. The highest BCUT2D eigenvalue weighted by molar-refractivity contribution is 9.13. The molecule has 1 aromatic carbocycles. The Bertz CT molecular complexity index is 729. The molecule has 1 heterocycles. The molecule has 0 atom stereocenters. The van der Waals surface area contributed by atoms with Gasteiger partial charge in [-0.1, -0.05) is 12.1 Å². The van der Waals surface area contributed by atoms with E-state index in [0.29, 0.717) is 10.4 Å². The first-order chi connectivity index (χ1) is 8.79. The van der Waals surface area contributed by atoms with Crippen molar-refractivity contribution < 1.29 is 13.2 Å². The minimum Gasteiger partial charge on any atom is -0.288 e. The number of rotatable bonds is 3.